The lowest BCUT2D eigenvalue weighted by molar-refractivity contribution is 0.101. The van der Waals surface area contributed by atoms with Crippen LogP contribution in [-0.4, -0.2) is 99.8 Å². The highest BCUT2D eigenvalue weighted by atomic mass is 32.2. The molecule has 31 heteroatoms. The molecule has 396 valence electrons. The Labute approximate surface area is 430 Å². The minimum atomic E-state index is -4.93. The Kier molecular flexibility index (Phi) is 13.8. The van der Waals surface area contributed by atoms with Gasteiger partial charge in [-0.2, -0.15) is 33.7 Å². The molecule has 0 aliphatic heterocycles. The number of amides is 6. The standard InChI is InChI=1S/C45H40N10O17S4/c1-52-19-27(13-35(52)41(56)46-25-5-7-33-23(9-25)11-31(73(61,62)63)17-39(33)75(67,68)69)48-43(58)37-15-29(21-54(37)3)50-45(60)51-30-16-38(55(4)22-30)44(59)49-28-14-36(53(2)20-28)42(57)47-26-6-8-34-24(10-26)12-32(74(64,65)66)18-40(34)76(70,71)72/h5-22H,1-4H3,(H,46,56)(H,47,57)(H,48,58)(H,49,59)(H2,50,51,60)(H,61,62,63)(H,64,65,66)(H,67,68,69)(H,70,71,72). The van der Waals surface area contributed by atoms with Crippen LogP contribution in [0, 0.1) is 0 Å². The van der Waals surface area contributed by atoms with E-state index in [-0.39, 0.29) is 78.4 Å². The summed E-state index contributed by atoms with van der Waals surface area (Å²) in [6.07, 6.45) is 5.77. The van der Waals surface area contributed by atoms with E-state index in [1.54, 1.807) is 0 Å². The van der Waals surface area contributed by atoms with Crippen molar-refractivity contribution >= 4 is 126 Å². The van der Waals surface area contributed by atoms with Crippen LogP contribution in [0.2, 0.25) is 0 Å². The Bertz CT molecular complexity index is 4020. The molecule has 4 aromatic carbocycles. The summed E-state index contributed by atoms with van der Waals surface area (Å²) < 4.78 is 139. The number of nitrogens with one attached hydrogen (secondary N) is 6. The van der Waals surface area contributed by atoms with Gasteiger partial charge in [0.15, 0.2) is 0 Å². The Morgan fingerprint density at radius 1 is 0.355 bits per heavy atom. The van der Waals surface area contributed by atoms with Gasteiger partial charge in [0.2, 0.25) is 0 Å². The molecule has 0 aliphatic carbocycles. The lowest BCUT2D eigenvalue weighted by Crippen LogP contribution is -2.18. The second-order valence-corrected chi connectivity index (χ2v) is 22.5. The van der Waals surface area contributed by atoms with E-state index in [0.29, 0.717) is 12.1 Å². The Hall–Kier alpha value is -8.69. The molecule has 0 aliphatic rings. The zero-order valence-electron chi connectivity index (χ0n) is 39.4. The molecule has 0 radical (unpaired) electrons. The molecular formula is C45H40N10O17S4. The van der Waals surface area contributed by atoms with Crippen LogP contribution in [0.1, 0.15) is 42.0 Å². The summed E-state index contributed by atoms with van der Waals surface area (Å²) in [4.78, 5) is 63.4. The van der Waals surface area contributed by atoms with Crippen molar-refractivity contribution in [3.8, 4) is 0 Å². The topological polar surface area (TPSA) is 395 Å². The van der Waals surface area contributed by atoms with Crippen molar-refractivity contribution in [2.45, 2.75) is 19.6 Å². The molecule has 8 rings (SSSR count). The molecule has 0 saturated carbocycles. The number of rotatable bonds is 14. The fraction of sp³-hybridized carbons (Fsp3) is 0.0889. The molecule has 8 aromatic rings. The maximum absolute atomic E-state index is 13.4. The summed E-state index contributed by atoms with van der Waals surface area (Å²) in [5, 5.41) is 15.4. The first-order chi connectivity index (χ1) is 35.3. The predicted octanol–water partition coefficient (Wildman–Crippen LogP) is 4.99. The van der Waals surface area contributed by atoms with Gasteiger partial charge in [0.1, 0.15) is 32.6 Å². The van der Waals surface area contributed by atoms with Crippen molar-refractivity contribution in [2.24, 2.45) is 28.2 Å². The van der Waals surface area contributed by atoms with Gasteiger partial charge in [-0.25, -0.2) is 4.79 Å². The maximum Gasteiger partial charge on any atom is 0.323 e. The number of anilines is 6. The van der Waals surface area contributed by atoms with Gasteiger partial charge in [-0.15, -0.1) is 0 Å². The fourth-order valence-corrected chi connectivity index (χ4v) is 10.7. The third-order valence-corrected chi connectivity index (χ3v) is 14.9. The van der Waals surface area contributed by atoms with Crippen LogP contribution in [0.5, 0.6) is 0 Å². The van der Waals surface area contributed by atoms with Crippen molar-refractivity contribution in [1.29, 1.82) is 0 Å². The van der Waals surface area contributed by atoms with Gasteiger partial charge in [0.25, 0.3) is 64.1 Å². The predicted molar refractivity (Wildman–Crippen MR) is 273 cm³/mol. The molecule has 0 bridgehead atoms. The Balaban J connectivity index is 0.872. The van der Waals surface area contributed by atoms with Gasteiger partial charge >= 0.3 is 6.03 Å². The monoisotopic (exact) mass is 1120 g/mol. The smallest absolute Gasteiger partial charge is 0.323 e. The maximum atomic E-state index is 13.4. The number of hydrogen-bond donors (Lipinski definition) is 10. The van der Waals surface area contributed by atoms with Crippen LogP contribution in [-0.2, 0) is 68.7 Å². The summed E-state index contributed by atoms with van der Waals surface area (Å²) in [7, 11) is -13.6. The van der Waals surface area contributed by atoms with E-state index < -0.39 is 89.7 Å². The Morgan fingerprint density at radius 3 is 0.908 bits per heavy atom. The van der Waals surface area contributed by atoms with Crippen molar-refractivity contribution < 1.29 is 75.9 Å². The number of urea groups is 1. The van der Waals surface area contributed by atoms with Crippen LogP contribution >= 0.6 is 0 Å². The van der Waals surface area contributed by atoms with E-state index in [1.165, 1.54) is 132 Å². The van der Waals surface area contributed by atoms with Crippen molar-refractivity contribution in [3.05, 3.63) is 132 Å². The van der Waals surface area contributed by atoms with E-state index in [0.717, 1.165) is 12.1 Å². The van der Waals surface area contributed by atoms with Gasteiger partial charge in [0.05, 0.1) is 32.5 Å². The second kappa shape index (κ2) is 19.5. The van der Waals surface area contributed by atoms with Crippen LogP contribution in [0.4, 0.5) is 38.9 Å². The number of nitrogens with zero attached hydrogens (tertiary/aromatic N) is 4. The van der Waals surface area contributed by atoms with E-state index in [2.05, 4.69) is 31.9 Å². The number of aromatic nitrogens is 4. The van der Waals surface area contributed by atoms with E-state index in [1.807, 2.05) is 0 Å². The average molecular weight is 1120 g/mol. The summed E-state index contributed by atoms with van der Waals surface area (Å²) in [5.41, 5.74) is 1.15. The number of benzene rings is 4. The Morgan fingerprint density at radius 2 is 0.632 bits per heavy atom. The number of carbonyl (C=O) groups excluding carboxylic acids is 5. The van der Waals surface area contributed by atoms with E-state index in [9.17, 15) is 75.9 Å². The third-order valence-electron chi connectivity index (χ3n) is 11.4. The first-order valence-corrected chi connectivity index (χ1v) is 27.1. The molecule has 76 heavy (non-hydrogen) atoms. The number of carbonyl (C=O) groups is 5. The van der Waals surface area contributed by atoms with Crippen LogP contribution < -0.4 is 31.9 Å². The molecule has 6 amide bonds. The first kappa shape index (κ1) is 53.6. The second-order valence-electron chi connectivity index (χ2n) is 16.9. The number of fused-ring (bicyclic) bond motifs is 2. The quantitative estimate of drug-likeness (QED) is 0.0641. The molecule has 0 unspecified atom stereocenters. The largest absolute Gasteiger partial charge is 0.344 e. The highest BCUT2D eigenvalue weighted by molar-refractivity contribution is 7.87. The molecule has 4 heterocycles. The van der Waals surface area contributed by atoms with Gasteiger partial charge < -0.3 is 50.2 Å². The molecule has 27 nitrogen and oxygen atoms in total. The van der Waals surface area contributed by atoms with Crippen molar-refractivity contribution in [3.63, 3.8) is 0 Å². The highest BCUT2D eigenvalue weighted by Crippen LogP contribution is 2.32. The van der Waals surface area contributed by atoms with Crippen molar-refractivity contribution in [2.75, 3.05) is 31.9 Å². The van der Waals surface area contributed by atoms with E-state index >= 15 is 0 Å². The van der Waals surface area contributed by atoms with Gasteiger partial charge in [0, 0.05) is 75.1 Å². The zero-order chi connectivity index (χ0) is 55.6. The molecular weight excluding hydrogens is 1080 g/mol. The number of aryl methyl sites for hydroxylation is 4. The molecule has 0 saturated heterocycles. The summed E-state index contributed by atoms with van der Waals surface area (Å²) in [5.74, 6) is -2.68. The summed E-state index contributed by atoms with van der Waals surface area (Å²) in [6.45, 7) is 0. The molecule has 4 aromatic heterocycles. The lowest BCUT2D eigenvalue weighted by atomic mass is 10.1. The summed E-state index contributed by atoms with van der Waals surface area (Å²) in [6, 6.07) is 15.3. The normalized spacial score (nSPS) is 12.1. The number of hydrogen-bond acceptors (Lipinski definition) is 13. The lowest BCUT2D eigenvalue weighted by Gasteiger charge is -2.10. The van der Waals surface area contributed by atoms with Gasteiger partial charge in [-0.3, -0.25) is 37.4 Å². The highest BCUT2D eigenvalue weighted by Gasteiger charge is 2.25. The molecule has 0 spiro atoms. The van der Waals surface area contributed by atoms with Crippen LogP contribution in [0.25, 0.3) is 21.5 Å². The van der Waals surface area contributed by atoms with Crippen molar-refractivity contribution in [1.82, 2.24) is 18.3 Å². The third kappa shape index (κ3) is 11.5. The van der Waals surface area contributed by atoms with E-state index in [4.69, 9.17) is 0 Å². The van der Waals surface area contributed by atoms with Crippen LogP contribution in [0.3, 0.4) is 0 Å². The SMILES string of the molecule is Cn1cc(NC(=O)Nc2cc(C(=O)Nc3cc(C(=O)Nc4ccc5c(S(=O)(=O)O)cc(S(=O)(=O)O)cc5c4)n(C)c3)n(C)c2)cc1C(=O)Nc1cc(C(=O)Nc2ccc3c(S(=O)(=O)O)cc(S(=O)(=O)O)cc3c2)n(C)c1. The zero-order valence-corrected chi connectivity index (χ0v) is 42.7. The van der Waals surface area contributed by atoms with Gasteiger partial charge in [-0.05, 0) is 83.6 Å². The van der Waals surface area contributed by atoms with Gasteiger partial charge in [-0.1, -0.05) is 12.1 Å². The first-order valence-electron chi connectivity index (χ1n) is 21.4. The van der Waals surface area contributed by atoms with Crippen LogP contribution in [0.15, 0.2) is 129 Å². The fourth-order valence-electron chi connectivity index (χ4n) is 8.01. The average Bonchev–Trinajstić information content (AvgIpc) is 4.08. The minimum absolute atomic E-state index is 0.0389. The molecule has 10 N–H and O–H groups in total. The molecule has 0 atom stereocenters. The summed E-state index contributed by atoms with van der Waals surface area (Å²) >= 11 is 0. The minimum Gasteiger partial charge on any atom is -0.344 e. The molecule has 0 fully saturated rings.